The zero-order chi connectivity index (χ0) is 16.4. The number of hydrogen-bond acceptors (Lipinski definition) is 2. The summed E-state index contributed by atoms with van der Waals surface area (Å²) in [6, 6.07) is 4.79. The second kappa shape index (κ2) is 6.87. The van der Waals surface area contributed by atoms with Crippen LogP contribution in [0.1, 0.15) is 38.2 Å². The molecule has 1 aromatic carbocycles. The maximum absolute atomic E-state index is 14.0. The number of benzene rings is 1. The summed E-state index contributed by atoms with van der Waals surface area (Å²) in [5.41, 5.74) is 1.19. The number of amides is 2. The van der Waals surface area contributed by atoms with E-state index in [1.165, 1.54) is 6.07 Å². The fraction of sp³-hybridized carbons (Fsp3) is 0.611. The van der Waals surface area contributed by atoms with Crippen molar-refractivity contribution in [2.75, 3.05) is 31.6 Å². The van der Waals surface area contributed by atoms with E-state index in [1.54, 1.807) is 12.1 Å². The molecular formula is C18H25FN2O2. The van der Waals surface area contributed by atoms with E-state index in [1.807, 2.05) is 18.7 Å². The molecule has 5 heteroatoms. The molecule has 2 atom stereocenters. The molecule has 2 aliphatic rings. The second-order valence-electron chi connectivity index (χ2n) is 6.94. The third-order valence-electron chi connectivity index (χ3n) is 5.02. The van der Waals surface area contributed by atoms with Gasteiger partial charge in [-0.05, 0) is 48.3 Å². The molecule has 0 spiro atoms. The van der Waals surface area contributed by atoms with Gasteiger partial charge in [0.2, 0.25) is 0 Å². The number of rotatable bonds is 3. The second-order valence-corrected chi connectivity index (χ2v) is 6.94. The maximum Gasteiger partial charge on any atom is 0.321 e. The van der Waals surface area contributed by atoms with Crippen LogP contribution in [-0.2, 0) is 4.74 Å². The van der Waals surface area contributed by atoms with Crippen LogP contribution < -0.4 is 5.32 Å². The molecule has 2 amide bonds. The van der Waals surface area contributed by atoms with Gasteiger partial charge >= 0.3 is 6.03 Å². The summed E-state index contributed by atoms with van der Waals surface area (Å²) in [7, 11) is 0. The van der Waals surface area contributed by atoms with Crippen molar-refractivity contribution in [1.29, 1.82) is 0 Å². The molecule has 2 aliphatic heterocycles. The molecule has 0 radical (unpaired) electrons. The minimum absolute atomic E-state index is 0.132. The Morgan fingerprint density at radius 3 is 2.83 bits per heavy atom. The number of hydrogen-bond donors (Lipinski definition) is 1. The van der Waals surface area contributed by atoms with Crippen molar-refractivity contribution in [3.63, 3.8) is 0 Å². The van der Waals surface area contributed by atoms with E-state index in [9.17, 15) is 9.18 Å². The molecule has 1 N–H and O–H groups in total. The first kappa shape index (κ1) is 16.2. The fourth-order valence-corrected chi connectivity index (χ4v) is 3.56. The summed E-state index contributed by atoms with van der Waals surface area (Å²) in [6.07, 6.45) is 2.13. The van der Waals surface area contributed by atoms with Gasteiger partial charge in [-0.25, -0.2) is 9.18 Å². The van der Waals surface area contributed by atoms with Crippen LogP contribution in [0.15, 0.2) is 18.2 Å². The highest BCUT2D eigenvalue weighted by atomic mass is 19.1. The Labute approximate surface area is 137 Å². The summed E-state index contributed by atoms with van der Waals surface area (Å²) in [6.45, 7) is 7.10. The highest BCUT2D eigenvalue weighted by Crippen LogP contribution is 2.30. The first-order chi connectivity index (χ1) is 11.0. The topological polar surface area (TPSA) is 41.6 Å². The highest BCUT2D eigenvalue weighted by Gasteiger charge is 2.33. The van der Waals surface area contributed by atoms with Crippen LogP contribution in [0.25, 0.3) is 0 Å². The maximum atomic E-state index is 14.0. The van der Waals surface area contributed by atoms with E-state index in [4.69, 9.17) is 4.74 Å². The van der Waals surface area contributed by atoms with E-state index in [-0.39, 0.29) is 17.8 Å². The Morgan fingerprint density at radius 1 is 1.35 bits per heavy atom. The van der Waals surface area contributed by atoms with E-state index in [0.717, 1.165) is 39.1 Å². The minimum atomic E-state index is -0.264. The van der Waals surface area contributed by atoms with Crippen molar-refractivity contribution in [2.45, 2.75) is 32.6 Å². The van der Waals surface area contributed by atoms with E-state index < -0.39 is 0 Å². The molecule has 3 rings (SSSR count). The van der Waals surface area contributed by atoms with Gasteiger partial charge in [0.15, 0.2) is 0 Å². The smallest absolute Gasteiger partial charge is 0.321 e. The van der Waals surface area contributed by atoms with Gasteiger partial charge in [-0.2, -0.15) is 0 Å². The Bertz CT molecular complexity index is 570. The highest BCUT2D eigenvalue weighted by molar-refractivity contribution is 5.89. The van der Waals surface area contributed by atoms with Crippen LogP contribution in [-0.4, -0.2) is 37.2 Å². The van der Waals surface area contributed by atoms with E-state index in [2.05, 4.69) is 5.32 Å². The van der Waals surface area contributed by atoms with Crippen molar-refractivity contribution in [3.05, 3.63) is 29.6 Å². The van der Waals surface area contributed by atoms with Crippen LogP contribution in [0.2, 0.25) is 0 Å². The number of likely N-dealkylation sites (tertiary alicyclic amines) is 1. The van der Waals surface area contributed by atoms with Gasteiger partial charge in [-0.15, -0.1) is 0 Å². The summed E-state index contributed by atoms with van der Waals surface area (Å²) < 4.78 is 19.5. The molecule has 4 nitrogen and oxygen atoms in total. The van der Waals surface area contributed by atoms with Crippen LogP contribution in [0.3, 0.4) is 0 Å². The van der Waals surface area contributed by atoms with Crippen molar-refractivity contribution in [3.8, 4) is 0 Å². The lowest BCUT2D eigenvalue weighted by Gasteiger charge is -2.20. The summed E-state index contributed by atoms with van der Waals surface area (Å²) in [5.74, 6) is 0.979. The summed E-state index contributed by atoms with van der Waals surface area (Å²) in [4.78, 5) is 14.2. The van der Waals surface area contributed by atoms with Crippen molar-refractivity contribution >= 4 is 11.7 Å². The molecule has 0 bridgehead atoms. The minimum Gasteiger partial charge on any atom is -0.381 e. The van der Waals surface area contributed by atoms with Crippen LogP contribution in [0, 0.1) is 17.7 Å². The number of nitrogens with zero attached hydrogens (tertiary/aromatic N) is 1. The normalized spacial score (nSPS) is 24.4. The molecule has 0 aliphatic carbocycles. The quantitative estimate of drug-likeness (QED) is 0.919. The van der Waals surface area contributed by atoms with Crippen LogP contribution in [0.5, 0.6) is 0 Å². The number of halogens is 1. The lowest BCUT2D eigenvalue weighted by Crippen LogP contribution is -2.33. The van der Waals surface area contributed by atoms with Crippen molar-refractivity contribution < 1.29 is 13.9 Å². The molecular weight excluding hydrogens is 295 g/mol. The Hall–Kier alpha value is -1.62. The standard InChI is InChI=1S/C18H25FN2O2/c1-12(2)16-4-3-15(9-17(16)19)20-18(22)21-7-5-13(10-21)14-6-8-23-11-14/h3-4,9,12-14H,5-8,10-11H2,1-2H3,(H,20,22)/t13-,14+/m1/s1. The molecule has 2 heterocycles. The number of carbonyl (C=O) groups is 1. The molecule has 2 saturated heterocycles. The first-order valence-corrected chi connectivity index (χ1v) is 8.47. The first-order valence-electron chi connectivity index (χ1n) is 8.47. The summed E-state index contributed by atoms with van der Waals surface area (Å²) >= 11 is 0. The monoisotopic (exact) mass is 320 g/mol. The van der Waals surface area contributed by atoms with Gasteiger partial charge < -0.3 is 15.0 Å². The molecule has 1 aromatic rings. The van der Waals surface area contributed by atoms with Gasteiger partial charge in [-0.3, -0.25) is 0 Å². The molecule has 126 valence electrons. The SMILES string of the molecule is CC(C)c1ccc(NC(=O)N2CC[C@@H]([C@H]3CCOC3)C2)cc1F. The van der Waals surface area contributed by atoms with Gasteiger partial charge in [0.05, 0.1) is 0 Å². The number of carbonyl (C=O) groups excluding carboxylic acids is 1. The van der Waals surface area contributed by atoms with Gasteiger partial charge in [0, 0.05) is 32.0 Å². The van der Waals surface area contributed by atoms with Crippen molar-refractivity contribution in [1.82, 2.24) is 4.90 Å². The fourth-order valence-electron chi connectivity index (χ4n) is 3.56. The Kier molecular flexibility index (Phi) is 4.85. The molecule has 0 aromatic heterocycles. The average Bonchev–Trinajstić information content (AvgIpc) is 3.18. The number of anilines is 1. The van der Waals surface area contributed by atoms with Gasteiger partial charge in [0.25, 0.3) is 0 Å². The van der Waals surface area contributed by atoms with E-state index >= 15 is 0 Å². The number of urea groups is 1. The summed E-state index contributed by atoms with van der Waals surface area (Å²) in [5, 5.41) is 2.82. The molecule has 0 unspecified atom stereocenters. The van der Waals surface area contributed by atoms with Gasteiger partial charge in [-0.1, -0.05) is 19.9 Å². The van der Waals surface area contributed by atoms with Crippen LogP contribution >= 0.6 is 0 Å². The van der Waals surface area contributed by atoms with Crippen LogP contribution in [0.4, 0.5) is 14.9 Å². The predicted octanol–water partition coefficient (Wildman–Crippen LogP) is 3.84. The number of ether oxygens (including phenoxy) is 1. The zero-order valence-electron chi connectivity index (χ0n) is 13.8. The average molecular weight is 320 g/mol. The molecule has 2 fully saturated rings. The third kappa shape index (κ3) is 3.66. The molecule has 0 saturated carbocycles. The third-order valence-corrected chi connectivity index (χ3v) is 5.02. The largest absolute Gasteiger partial charge is 0.381 e. The molecule has 23 heavy (non-hydrogen) atoms. The van der Waals surface area contributed by atoms with Crippen molar-refractivity contribution in [2.24, 2.45) is 11.8 Å². The van der Waals surface area contributed by atoms with Gasteiger partial charge in [0.1, 0.15) is 5.82 Å². The lowest BCUT2D eigenvalue weighted by atomic mass is 9.91. The lowest BCUT2D eigenvalue weighted by molar-refractivity contribution is 0.171. The van der Waals surface area contributed by atoms with E-state index in [0.29, 0.717) is 23.1 Å². The zero-order valence-corrected chi connectivity index (χ0v) is 13.8. The Balaban J connectivity index is 1.58. The predicted molar refractivity (Wildman–Crippen MR) is 88.1 cm³/mol. The number of nitrogens with one attached hydrogen (secondary N) is 1. The Morgan fingerprint density at radius 2 is 2.17 bits per heavy atom.